The standard InChI is InChI=1S/C11H8BrNS/c12-6-8-2-1-3-10-9(4-5-13)7-14-11(8)10/h1-3,7H,4,6H2. The number of halogens is 1. The Morgan fingerprint density at radius 3 is 2.93 bits per heavy atom. The Hall–Kier alpha value is -0.850. The first-order valence-corrected chi connectivity index (χ1v) is 6.28. The second kappa shape index (κ2) is 4.12. The number of nitrogens with zero attached hydrogens (tertiary/aromatic N) is 1. The fourth-order valence-corrected chi connectivity index (χ4v) is 3.24. The number of thiophene rings is 1. The first-order chi connectivity index (χ1) is 6.86. The summed E-state index contributed by atoms with van der Waals surface area (Å²) in [4.78, 5) is 0. The molecule has 0 saturated heterocycles. The zero-order valence-corrected chi connectivity index (χ0v) is 9.86. The van der Waals surface area contributed by atoms with Gasteiger partial charge in [0.15, 0.2) is 0 Å². The zero-order valence-electron chi connectivity index (χ0n) is 7.46. The van der Waals surface area contributed by atoms with Gasteiger partial charge in [0.2, 0.25) is 0 Å². The monoisotopic (exact) mass is 265 g/mol. The summed E-state index contributed by atoms with van der Waals surface area (Å²) in [6.07, 6.45) is 0.506. The minimum atomic E-state index is 0.506. The Labute approximate surface area is 95.1 Å². The fourth-order valence-electron chi connectivity index (χ4n) is 1.50. The molecule has 0 aliphatic heterocycles. The van der Waals surface area contributed by atoms with E-state index in [0.717, 1.165) is 10.9 Å². The lowest BCUT2D eigenvalue weighted by atomic mass is 10.1. The van der Waals surface area contributed by atoms with Crippen LogP contribution < -0.4 is 0 Å². The Morgan fingerprint density at radius 1 is 1.36 bits per heavy atom. The number of nitriles is 1. The number of hydrogen-bond acceptors (Lipinski definition) is 2. The van der Waals surface area contributed by atoms with Crippen LogP contribution in [-0.2, 0) is 11.8 Å². The van der Waals surface area contributed by atoms with Gasteiger partial charge in [0, 0.05) is 10.0 Å². The molecule has 1 aromatic heterocycles. The summed E-state index contributed by atoms with van der Waals surface area (Å²) in [5.74, 6) is 0. The van der Waals surface area contributed by atoms with Gasteiger partial charge in [-0.2, -0.15) is 5.26 Å². The quantitative estimate of drug-likeness (QED) is 0.757. The molecule has 70 valence electrons. The average molecular weight is 266 g/mol. The van der Waals surface area contributed by atoms with Crippen LogP contribution in [0.25, 0.3) is 10.1 Å². The van der Waals surface area contributed by atoms with Gasteiger partial charge in [-0.3, -0.25) is 0 Å². The van der Waals surface area contributed by atoms with Crippen molar-refractivity contribution in [2.24, 2.45) is 0 Å². The third kappa shape index (κ3) is 1.56. The maximum absolute atomic E-state index is 8.67. The van der Waals surface area contributed by atoms with Gasteiger partial charge in [-0.05, 0) is 21.9 Å². The minimum Gasteiger partial charge on any atom is -0.198 e. The first-order valence-electron chi connectivity index (χ1n) is 4.27. The summed E-state index contributed by atoms with van der Waals surface area (Å²) >= 11 is 5.19. The molecular formula is C11H8BrNS. The molecule has 0 radical (unpaired) electrons. The Bertz CT molecular complexity index is 495. The molecule has 0 fully saturated rings. The van der Waals surface area contributed by atoms with Crippen molar-refractivity contribution in [3.05, 3.63) is 34.7 Å². The smallest absolute Gasteiger partial charge is 0.0670 e. The molecule has 0 N–H and O–H groups in total. The topological polar surface area (TPSA) is 23.8 Å². The highest BCUT2D eigenvalue weighted by Gasteiger charge is 2.06. The Balaban J connectivity index is 2.64. The molecule has 0 unspecified atom stereocenters. The molecule has 2 aromatic rings. The van der Waals surface area contributed by atoms with Crippen LogP contribution in [0.4, 0.5) is 0 Å². The third-order valence-electron chi connectivity index (χ3n) is 2.18. The van der Waals surface area contributed by atoms with E-state index in [4.69, 9.17) is 5.26 Å². The minimum absolute atomic E-state index is 0.506. The van der Waals surface area contributed by atoms with Crippen LogP contribution in [0.5, 0.6) is 0 Å². The van der Waals surface area contributed by atoms with Crippen LogP contribution in [0, 0.1) is 11.3 Å². The molecule has 0 saturated carbocycles. The molecule has 0 bridgehead atoms. The van der Waals surface area contributed by atoms with Crippen LogP contribution in [0.2, 0.25) is 0 Å². The van der Waals surface area contributed by atoms with E-state index in [1.165, 1.54) is 15.6 Å². The fraction of sp³-hybridized carbons (Fsp3) is 0.182. The normalized spacial score (nSPS) is 10.3. The first kappa shape index (κ1) is 9.70. The van der Waals surface area contributed by atoms with Crippen LogP contribution in [0.3, 0.4) is 0 Å². The van der Waals surface area contributed by atoms with Crippen molar-refractivity contribution < 1.29 is 0 Å². The highest BCUT2D eigenvalue weighted by atomic mass is 79.9. The summed E-state index contributed by atoms with van der Waals surface area (Å²) in [7, 11) is 0. The van der Waals surface area contributed by atoms with Gasteiger partial charge in [0.25, 0.3) is 0 Å². The number of alkyl halides is 1. The summed E-state index contributed by atoms with van der Waals surface area (Å²) < 4.78 is 1.30. The summed E-state index contributed by atoms with van der Waals surface area (Å²) in [5.41, 5.74) is 2.45. The van der Waals surface area contributed by atoms with E-state index < -0.39 is 0 Å². The van der Waals surface area contributed by atoms with Gasteiger partial charge in [-0.15, -0.1) is 11.3 Å². The summed E-state index contributed by atoms with van der Waals surface area (Å²) in [6.45, 7) is 0. The van der Waals surface area contributed by atoms with Gasteiger partial charge >= 0.3 is 0 Å². The SMILES string of the molecule is N#CCc1csc2c(CBr)cccc12. The molecule has 1 heterocycles. The number of fused-ring (bicyclic) bond motifs is 1. The molecule has 0 amide bonds. The Kier molecular flexibility index (Phi) is 2.85. The van der Waals surface area contributed by atoms with Gasteiger partial charge in [-0.25, -0.2) is 0 Å². The van der Waals surface area contributed by atoms with Crippen molar-refractivity contribution in [2.45, 2.75) is 11.8 Å². The van der Waals surface area contributed by atoms with E-state index in [0.29, 0.717) is 6.42 Å². The maximum atomic E-state index is 8.67. The highest BCUT2D eigenvalue weighted by Crippen LogP contribution is 2.30. The van der Waals surface area contributed by atoms with E-state index in [1.54, 1.807) is 11.3 Å². The van der Waals surface area contributed by atoms with Gasteiger partial charge in [0.1, 0.15) is 0 Å². The van der Waals surface area contributed by atoms with Crippen LogP contribution in [0.15, 0.2) is 23.6 Å². The molecule has 1 nitrogen and oxygen atoms in total. The van der Waals surface area contributed by atoms with Crippen molar-refractivity contribution in [3.8, 4) is 6.07 Å². The molecule has 0 spiro atoms. The lowest BCUT2D eigenvalue weighted by Crippen LogP contribution is -1.80. The number of hydrogen-bond donors (Lipinski definition) is 0. The summed E-state index contributed by atoms with van der Waals surface area (Å²) in [5, 5.41) is 12.9. The molecule has 2 rings (SSSR count). The number of rotatable bonds is 2. The van der Waals surface area contributed by atoms with Crippen molar-refractivity contribution in [1.82, 2.24) is 0 Å². The van der Waals surface area contributed by atoms with Gasteiger partial charge in [-0.1, -0.05) is 34.1 Å². The van der Waals surface area contributed by atoms with E-state index in [2.05, 4.69) is 39.5 Å². The molecule has 14 heavy (non-hydrogen) atoms. The molecule has 3 heteroatoms. The second-order valence-corrected chi connectivity index (χ2v) is 4.46. The lowest BCUT2D eigenvalue weighted by Gasteiger charge is -1.97. The van der Waals surface area contributed by atoms with Crippen LogP contribution in [-0.4, -0.2) is 0 Å². The summed E-state index contributed by atoms with van der Waals surface area (Å²) in [6, 6.07) is 8.45. The lowest BCUT2D eigenvalue weighted by molar-refractivity contribution is 1.30. The third-order valence-corrected chi connectivity index (χ3v) is 3.90. The maximum Gasteiger partial charge on any atom is 0.0670 e. The van der Waals surface area contributed by atoms with Crippen molar-refractivity contribution >= 4 is 37.4 Å². The zero-order chi connectivity index (χ0) is 9.97. The predicted octanol–water partition coefficient (Wildman–Crippen LogP) is 3.86. The van der Waals surface area contributed by atoms with E-state index in [-0.39, 0.29) is 0 Å². The van der Waals surface area contributed by atoms with Crippen LogP contribution in [0.1, 0.15) is 11.1 Å². The largest absolute Gasteiger partial charge is 0.198 e. The molecule has 1 aromatic carbocycles. The average Bonchev–Trinajstić information content (AvgIpc) is 2.62. The Morgan fingerprint density at radius 2 is 2.21 bits per heavy atom. The second-order valence-electron chi connectivity index (χ2n) is 3.02. The molecule has 0 atom stereocenters. The van der Waals surface area contributed by atoms with Crippen molar-refractivity contribution in [1.29, 1.82) is 5.26 Å². The number of benzene rings is 1. The van der Waals surface area contributed by atoms with Crippen molar-refractivity contribution in [3.63, 3.8) is 0 Å². The molecular weight excluding hydrogens is 258 g/mol. The van der Waals surface area contributed by atoms with E-state index in [1.807, 2.05) is 6.07 Å². The molecule has 0 aliphatic rings. The predicted molar refractivity (Wildman–Crippen MR) is 63.8 cm³/mol. The van der Waals surface area contributed by atoms with Gasteiger partial charge < -0.3 is 0 Å². The van der Waals surface area contributed by atoms with Crippen LogP contribution >= 0.6 is 27.3 Å². The van der Waals surface area contributed by atoms with Gasteiger partial charge in [0.05, 0.1) is 12.5 Å². The van der Waals surface area contributed by atoms with E-state index in [9.17, 15) is 0 Å². The highest BCUT2D eigenvalue weighted by molar-refractivity contribution is 9.08. The van der Waals surface area contributed by atoms with Crippen molar-refractivity contribution in [2.75, 3.05) is 0 Å². The molecule has 0 aliphatic carbocycles. The van der Waals surface area contributed by atoms with E-state index >= 15 is 0 Å².